The van der Waals surface area contributed by atoms with Crippen LogP contribution in [0.3, 0.4) is 0 Å². The highest BCUT2D eigenvalue weighted by atomic mass is 16.5. The lowest BCUT2D eigenvalue weighted by atomic mass is 9.26. The molecule has 10 rings (SSSR count). The third-order valence-corrected chi connectivity index (χ3v) is 14.8. The zero-order chi connectivity index (χ0) is 36.5. The summed E-state index contributed by atoms with van der Waals surface area (Å²) >= 11 is 0. The average Bonchev–Trinajstić information content (AvgIpc) is 3.99. The summed E-state index contributed by atoms with van der Waals surface area (Å²) in [6, 6.07) is 27.3. The summed E-state index contributed by atoms with van der Waals surface area (Å²) in [7, 11) is 0. The van der Waals surface area contributed by atoms with Gasteiger partial charge >= 0.3 is 0 Å². The van der Waals surface area contributed by atoms with Crippen LogP contribution in [0, 0.1) is 0 Å². The topological polar surface area (TPSA) is 12.5 Å². The number of benzene rings is 4. The second kappa shape index (κ2) is 9.99. The number of nitrogens with zero attached hydrogens (tertiary/aromatic N) is 1. The zero-order valence-corrected chi connectivity index (χ0v) is 33.7. The summed E-state index contributed by atoms with van der Waals surface area (Å²) in [4.78, 5) is 2.72. The van der Waals surface area contributed by atoms with Crippen LogP contribution in [0.5, 0.6) is 5.75 Å². The molecule has 0 N–H and O–H groups in total. The van der Waals surface area contributed by atoms with Gasteiger partial charge in [-0.25, -0.2) is 0 Å². The average molecular weight is 688 g/mol. The Morgan fingerprint density at radius 3 is 1.79 bits per heavy atom. The van der Waals surface area contributed by atoms with Crippen molar-refractivity contribution in [2.45, 2.75) is 159 Å². The molecule has 4 aromatic rings. The van der Waals surface area contributed by atoms with Crippen LogP contribution in [0.2, 0.25) is 0 Å². The molecule has 2 atom stereocenters. The van der Waals surface area contributed by atoms with E-state index in [4.69, 9.17) is 4.74 Å². The molecule has 3 aliphatic heterocycles. The lowest BCUT2D eigenvalue weighted by Crippen LogP contribution is -2.65. The molecule has 2 spiro atoms. The van der Waals surface area contributed by atoms with Crippen molar-refractivity contribution >= 4 is 34.7 Å². The number of rotatable bonds is 1. The molecule has 2 saturated carbocycles. The van der Waals surface area contributed by atoms with Gasteiger partial charge in [-0.1, -0.05) is 119 Å². The Morgan fingerprint density at radius 1 is 0.635 bits per heavy atom. The van der Waals surface area contributed by atoms with Crippen LogP contribution in [0.4, 0.5) is 17.1 Å². The molecule has 0 aromatic heterocycles. The maximum atomic E-state index is 7.36. The molecule has 0 saturated heterocycles. The summed E-state index contributed by atoms with van der Waals surface area (Å²) in [5.41, 5.74) is 18.3. The maximum Gasteiger partial charge on any atom is 0.226 e. The van der Waals surface area contributed by atoms with Crippen LogP contribution in [-0.4, -0.2) is 12.8 Å². The normalized spacial score (nSPS) is 23.8. The van der Waals surface area contributed by atoms with Gasteiger partial charge in [-0.3, -0.25) is 0 Å². The summed E-state index contributed by atoms with van der Waals surface area (Å²) in [5.74, 6) is 1.40. The number of fused-ring (bicyclic) bond motifs is 9. The molecule has 0 bridgehead atoms. The van der Waals surface area contributed by atoms with Gasteiger partial charge in [0.15, 0.2) is 0 Å². The van der Waals surface area contributed by atoms with Crippen molar-refractivity contribution in [2.75, 3.05) is 4.90 Å². The second-order valence-electron chi connectivity index (χ2n) is 21.6. The van der Waals surface area contributed by atoms with E-state index in [0.717, 1.165) is 5.75 Å². The molecular weight excluding hydrogens is 629 g/mol. The minimum absolute atomic E-state index is 0.00110. The van der Waals surface area contributed by atoms with E-state index in [9.17, 15) is 0 Å². The molecule has 2 unspecified atom stereocenters. The molecule has 2 fully saturated rings. The highest BCUT2D eigenvalue weighted by Crippen LogP contribution is 2.66. The maximum absolute atomic E-state index is 7.36. The van der Waals surface area contributed by atoms with E-state index in [1.54, 1.807) is 11.1 Å². The molecule has 52 heavy (non-hydrogen) atoms. The van der Waals surface area contributed by atoms with E-state index in [1.165, 1.54) is 94.3 Å². The molecule has 3 heteroatoms. The van der Waals surface area contributed by atoms with Crippen molar-refractivity contribution in [1.29, 1.82) is 0 Å². The first-order valence-electron chi connectivity index (χ1n) is 20.4. The van der Waals surface area contributed by atoms with Gasteiger partial charge in [0.1, 0.15) is 11.9 Å². The van der Waals surface area contributed by atoms with Crippen LogP contribution in [0.1, 0.15) is 159 Å². The number of hydrogen-bond donors (Lipinski definition) is 0. The van der Waals surface area contributed by atoms with Crippen molar-refractivity contribution in [1.82, 2.24) is 0 Å². The summed E-state index contributed by atoms with van der Waals surface area (Å²) < 4.78 is 7.36. The highest BCUT2D eigenvalue weighted by Gasteiger charge is 2.61. The smallest absolute Gasteiger partial charge is 0.226 e. The molecule has 2 nitrogen and oxygen atoms in total. The van der Waals surface area contributed by atoms with Crippen LogP contribution < -0.4 is 20.6 Å². The number of hydrogen-bond acceptors (Lipinski definition) is 2. The predicted molar refractivity (Wildman–Crippen MR) is 220 cm³/mol. The van der Waals surface area contributed by atoms with E-state index < -0.39 is 0 Å². The van der Waals surface area contributed by atoms with Crippen molar-refractivity contribution in [3.05, 3.63) is 106 Å². The third kappa shape index (κ3) is 4.44. The van der Waals surface area contributed by atoms with Gasteiger partial charge in [-0.15, -0.1) is 0 Å². The van der Waals surface area contributed by atoms with Gasteiger partial charge in [0.2, 0.25) is 6.71 Å². The largest absolute Gasteiger partial charge is 0.489 e. The van der Waals surface area contributed by atoms with Crippen molar-refractivity contribution in [3.63, 3.8) is 0 Å². The molecule has 3 aliphatic carbocycles. The lowest BCUT2D eigenvalue weighted by molar-refractivity contribution is 0.140. The van der Waals surface area contributed by atoms with Crippen LogP contribution in [0.25, 0.3) is 0 Å². The van der Waals surface area contributed by atoms with E-state index >= 15 is 0 Å². The minimum Gasteiger partial charge on any atom is -0.489 e. The molecule has 3 heterocycles. The van der Waals surface area contributed by atoms with Gasteiger partial charge in [-0.2, -0.15) is 0 Å². The fourth-order valence-corrected chi connectivity index (χ4v) is 11.2. The van der Waals surface area contributed by atoms with Crippen molar-refractivity contribution < 1.29 is 4.74 Å². The summed E-state index contributed by atoms with van der Waals surface area (Å²) in [6.07, 6.45) is 8.21. The standard InChI is InChI=1S/C49H58BNO/c1-44(2,3)29-24-30(45(4,5)6)26-31(25-29)51-38-17-13-15-33-41(38)50(37-27-35-36(28-39(37)51)49(22-23-49)21-20-48(35)18-19-48)40-32-14-12-16-34(46(7,8)9)42(32)52-43(40)47(33,10)11/h12-17,24-28,40,43H,18-23H2,1-11H3. The van der Waals surface area contributed by atoms with Crippen molar-refractivity contribution in [3.8, 4) is 5.75 Å². The zero-order valence-electron chi connectivity index (χ0n) is 33.7. The van der Waals surface area contributed by atoms with Gasteiger partial charge in [-0.05, 0) is 140 Å². The molecule has 0 amide bonds. The van der Waals surface area contributed by atoms with E-state index in [0.29, 0.717) is 10.8 Å². The van der Waals surface area contributed by atoms with Crippen LogP contribution in [-0.2, 0) is 32.5 Å². The van der Waals surface area contributed by atoms with Crippen molar-refractivity contribution in [2.24, 2.45) is 0 Å². The molecule has 0 radical (unpaired) electrons. The first-order valence-corrected chi connectivity index (χ1v) is 20.4. The summed E-state index contributed by atoms with van der Waals surface area (Å²) in [6.45, 7) is 26.4. The monoisotopic (exact) mass is 687 g/mol. The van der Waals surface area contributed by atoms with E-state index in [2.05, 4.69) is 148 Å². The quantitative estimate of drug-likeness (QED) is 0.185. The molecule has 4 aromatic carbocycles. The number of ether oxygens (including phenoxy) is 1. The predicted octanol–water partition coefficient (Wildman–Crippen LogP) is 11.2. The number of anilines is 3. The van der Waals surface area contributed by atoms with Gasteiger partial charge < -0.3 is 9.64 Å². The Balaban J connectivity index is 1.30. The SMILES string of the molecule is CC(C)(C)c1cc(N2c3cc4c(cc3B3c5c2cccc5C(C)(C)C2Oc5c(cccc5C(C)(C)C)C32)C2(CC2)CCC42CC2)cc(C(C)(C)C)c1. The Labute approximate surface area is 313 Å². The Hall–Kier alpha value is -3.46. The van der Waals surface area contributed by atoms with Crippen LogP contribution >= 0.6 is 0 Å². The van der Waals surface area contributed by atoms with E-state index in [-0.39, 0.29) is 40.3 Å². The Bertz CT molecular complexity index is 2160. The van der Waals surface area contributed by atoms with Crippen LogP contribution in [0.15, 0.2) is 66.7 Å². The molecular formula is C49H58BNO. The lowest BCUT2D eigenvalue weighted by Gasteiger charge is -2.50. The molecule has 6 aliphatic rings. The fourth-order valence-electron chi connectivity index (χ4n) is 11.2. The summed E-state index contributed by atoms with van der Waals surface area (Å²) in [5, 5.41) is 0. The Morgan fingerprint density at radius 2 is 1.21 bits per heavy atom. The number of para-hydroxylation sites is 1. The van der Waals surface area contributed by atoms with Gasteiger partial charge in [0, 0.05) is 28.3 Å². The highest BCUT2D eigenvalue weighted by molar-refractivity contribution is 6.90. The molecule has 268 valence electrons. The third-order valence-electron chi connectivity index (χ3n) is 14.8. The first kappa shape index (κ1) is 33.1. The Kier molecular flexibility index (Phi) is 6.37. The minimum atomic E-state index is -0.169. The van der Waals surface area contributed by atoms with Gasteiger partial charge in [0.25, 0.3) is 0 Å². The second-order valence-corrected chi connectivity index (χ2v) is 21.6. The fraction of sp³-hybridized carbons (Fsp3) is 0.510. The van der Waals surface area contributed by atoms with E-state index in [1.807, 2.05) is 0 Å². The first-order chi connectivity index (χ1) is 24.3. The van der Waals surface area contributed by atoms with Gasteiger partial charge in [0.05, 0.1) is 0 Å².